The first-order valence-electron chi connectivity index (χ1n) is 9.13. The molecule has 0 saturated heterocycles. The van der Waals surface area contributed by atoms with Crippen LogP contribution in [0.3, 0.4) is 0 Å². The third-order valence-electron chi connectivity index (χ3n) is 4.14. The summed E-state index contributed by atoms with van der Waals surface area (Å²) in [6.07, 6.45) is 2.19. The standard InChI is InChI=1S/C19H23N5O2S2/c1-3-4-9-24-18(26)22-23-19(24)28-12-14-11-27-17(20-14)10-16(25)21-15-8-6-5-7-13(15)2/h5-8,11H,3-4,9-10,12H2,1-2H3,(H,21,25)(H,22,26). The lowest BCUT2D eigenvalue weighted by molar-refractivity contribution is -0.115. The van der Waals surface area contributed by atoms with E-state index in [1.165, 1.54) is 23.1 Å². The Morgan fingerprint density at radius 1 is 1.36 bits per heavy atom. The van der Waals surface area contributed by atoms with Crippen LogP contribution in [-0.4, -0.2) is 25.7 Å². The smallest absolute Gasteiger partial charge is 0.325 e. The lowest BCUT2D eigenvalue weighted by Gasteiger charge is -2.06. The molecule has 0 bridgehead atoms. The zero-order chi connectivity index (χ0) is 19.9. The van der Waals surface area contributed by atoms with Crippen LogP contribution in [0.15, 0.2) is 39.6 Å². The van der Waals surface area contributed by atoms with Crippen molar-refractivity contribution in [1.29, 1.82) is 0 Å². The molecule has 0 fully saturated rings. The van der Waals surface area contributed by atoms with Crippen molar-refractivity contribution in [2.75, 3.05) is 5.32 Å². The molecule has 0 radical (unpaired) electrons. The molecule has 2 N–H and O–H groups in total. The van der Waals surface area contributed by atoms with Gasteiger partial charge in [0.25, 0.3) is 0 Å². The SMILES string of the molecule is CCCCn1c(SCc2csc(CC(=O)Nc3ccccc3C)n2)n[nH]c1=O. The predicted molar refractivity (Wildman–Crippen MR) is 113 cm³/mol. The van der Waals surface area contributed by atoms with Crippen molar-refractivity contribution < 1.29 is 4.79 Å². The number of benzene rings is 1. The van der Waals surface area contributed by atoms with E-state index in [2.05, 4.69) is 27.4 Å². The third kappa shape index (κ3) is 5.32. The summed E-state index contributed by atoms with van der Waals surface area (Å²) in [6, 6.07) is 7.69. The van der Waals surface area contributed by atoms with Gasteiger partial charge in [-0.15, -0.1) is 16.4 Å². The van der Waals surface area contributed by atoms with E-state index in [0.29, 0.717) is 17.5 Å². The van der Waals surface area contributed by atoms with Crippen LogP contribution in [0.4, 0.5) is 5.69 Å². The number of unbranched alkanes of at least 4 members (excludes halogenated alkanes) is 1. The second kappa shape index (κ2) is 9.70. The Balaban J connectivity index is 1.55. The summed E-state index contributed by atoms with van der Waals surface area (Å²) in [5, 5.41) is 12.9. The molecule has 0 spiro atoms. The van der Waals surface area contributed by atoms with Gasteiger partial charge < -0.3 is 5.32 Å². The minimum atomic E-state index is -0.178. The van der Waals surface area contributed by atoms with E-state index in [4.69, 9.17) is 0 Å². The molecule has 0 atom stereocenters. The summed E-state index contributed by atoms with van der Waals surface area (Å²) in [5.74, 6) is 0.523. The van der Waals surface area contributed by atoms with Gasteiger partial charge in [-0.05, 0) is 25.0 Å². The van der Waals surface area contributed by atoms with Gasteiger partial charge in [-0.2, -0.15) is 0 Å². The van der Waals surface area contributed by atoms with Crippen LogP contribution in [0.2, 0.25) is 0 Å². The normalized spacial score (nSPS) is 10.9. The number of thiazole rings is 1. The quantitative estimate of drug-likeness (QED) is 0.519. The van der Waals surface area contributed by atoms with Crippen LogP contribution < -0.4 is 11.0 Å². The molecule has 3 rings (SSSR count). The van der Waals surface area contributed by atoms with Crippen molar-refractivity contribution in [3.05, 3.63) is 56.4 Å². The van der Waals surface area contributed by atoms with Gasteiger partial charge in [0, 0.05) is 23.4 Å². The van der Waals surface area contributed by atoms with Crippen molar-refractivity contribution in [2.24, 2.45) is 0 Å². The summed E-state index contributed by atoms with van der Waals surface area (Å²) in [7, 11) is 0. The molecule has 2 aromatic heterocycles. The highest BCUT2D eigenvalue weighted by Gasteiger charge is 2.12. The number of para-hydroxylation sites is 1. The second-order valence-electron chi connectivity index (χ2n) is 6.38. The molecule has 1 aromatic carbocycles. The lowest BCUT2D eigenvalue weighted by Crippen LogP contribution is -2.17. The minimum Gasteiger partial charge on any atom is -0.325 e. The van der Waals surface area contributed by atoms with Gasteiger partial charge in [0.05, 0.1) is 12.1 Å². The fourth-order valence-electron chi connectivity index (χ4n) is 2.61. The minimum absolute atomic E-state index is 0.0800. The molecular formula is C19H23N5O2S2. The third-order valence-corrected chi connectivity index (χ3v) is 6.05. The van der Waals surface area contributed by atoms with Crippen molar-refractivity contribution in [1.82, 2.24) is 19.7 Å². The first kappa shape index (κ1) is 20.3. The monoisotopic (exact) mass is 417 g/mol. The molecule has 0 unspecified atom stereocenters. The molecule has 0 aliphatic rings. The molecule has 148 valence electrons. The van der Waals surface area contributed by atoms with E-state index in [9.17, 15) is 9.59 Å². The lowest BCUT2D eigenvalue weighted by atomic mass is 10.2. The van der Waals surface area contributed by atoms with Crippen LogP contribution in [0.1, 0.15) is 36.0 Å². The van der Waals surface area contributed by atoms with Crippen molar-refractivity contribution in [3.63, 3.8) is 0 Å². The fourth-order valence-corrected chi connectivity index (χ4v) is 4.37. The van der Waals surface area contributed by atoms with Crippen molar-refractivity contribution in [2.45, 2.75) is 50.6 Å². The Morgan fingerprint density at radius 3 is 2.96 bits per heavy atom. The van der Waals surface area contributed by atoms with Gasteiger partial charge in [0.2, 0.25) is 5.91 Å². The van der Waals surface area contributed by atoms with Gasteiger partial charge in [0.15, 0.2) is 5.16 Å². The van der Waals surface area contributed by atoms with E-state index in [0.717, 1.165) is 34.8 Å². The average molecular weight is 418 g/mol. The number of nitrogens with one attached hydrogen (secondary N) is 2. The maximum absolute atomic E-state index is 12.3. The predicted octanol–water partition coefficient (Wildman–Crippen LogP) is 3.61. The van der Waals surface area contributed by atoms with Crippen LogP contribution in [0.25, 0.3) is 0 Å². The highest BCUT2D eigenvalue weighted by Crippen LogP contribution is 2.22. The molecule has 2 heterocycles. The van der Waals surface area contributed by atoms with Gasteiger partial charge >= 0.3 is 5.69 Å². The summed E-state index contributed by atoms with van der Waals surface area (Å²) >= 11 is 2.94. The van der Waals surface area contributed by atoms with Crippen molar-refractivity contribution >= 4 is 34.7 Å². The Bertz CT molecular complexity index is 992. The number of aromatic nitrogens is 4. The number of nitrogens with zero attached hydrogens (tertiary/aromatic N) is 3. The second-order valence-corrected chi connectivity index (χ2v) is 8.26. The maximum atomic E-state index is 12.3. The van der Waals surface area contributed by atoms with E-state index in [1.807, 2.05) is 36.6 Å². The summed E-state index contributed by atoms with van der Waals surface area (Å²) < 4.78 is 1.66. The van der Waals surface area contributed by atoms with Gasteiger partial charge in [-0.1, -0.05) is 43.3 Å². The zero-order valence-electron chi connectivity index (χ0n) is 15.9. The van der Waals surface area contributed by atoms with Gasteiger partial charge in [-0.3, -0.25) is 9.36 Å². The largest absolute Gasteiger partial charge is 0.343 e. The first-order chi connectivity index (χ1) is 13.6. The molecule has 0 aliphatic carbocycles. The molecule has 7 nitrogen and oxygen atoms in total. The van der Waals surface area contributed by atoms with Gasteiger partial charge in [-0.25, -0.2) is 14.9 Å². The molecular weight excluding hydrogens is 394 g/mol. The fraction of sp³-hybridized carbons (Fsp3) is 0.368. The number of aromatic amines is 1. The molecule has 9 heteroatoms. The Hall–Kier alpha value is -2.39. The number of amides is 1. The van der Waals surface area contributed by atoms with E-state index >= 15 is 0 Å². The number of hydrogen-bond donors (Lipinski definition) is 2. The van der Waals surface area contributed by atoms with E-state index in [-0.39, 0.29) is 18.0 Å². The highest BCUT2D eigenvalue weighted by molar-refractivity contribution is 7.98. The van der Waals surface area contributed by atoms with Crippen LogP contribution in [-0.2, 0) is 23.5 Å². The number of rotatable bonds is 9. The number of thioether (sulfide) groups is 1. The summed E-state index contributed by atoms with van der Waals surface area (Å²) in [6.45, 7) is 4.71. The average Bonchev–Trinajstić information content (AvgIpc) is 3.26. The number of anilines is 1. The maximum Gasteiger partial charge on any atom is 0.343 e. The van der Waals surface area contributed by atoms with E-state index in [1.54, 1.807) is 4.57 Å². The first-order valence-corrected chi connectivity index (χ1v) is 11.0. The molecule has 3 aromatic rings. The molecule has 0 saturated carbocycles. The van der Waals surface area contributed by atoms with Crippen molar-refractivity contribution in [3.8, 4) is 0 Å². The van der Waals surface area contributed by atoms with Crippen LogP contribution in [0, 0.1) is 6.92 Å². The molecule has 0 aliphatic heterocycles. The Kier molecular flexibility index (Phi) is 7.05. The Labute approximate surface area is 171 Å². The summed E-state index contributed by atoms with van der Waals surface area (Å²) in [4.78, 5) is 28.6. The number of hydrogen-bond acceptors (Lipinski definition) is 6. The number of carbonyl (C=O) groups is 1. The topological polar surface area (TPSA) is 92.7 Å². The zero-order valence-corrected chi connectivity index (χ0v) is 17.5. The van der Waals surface area contributed by atoms with Crippen LogP contribution >= 0.6 is 23.1 Å². The molecule has 1 amide bonds. The number of aryl methyl sites for hydroxylation is 1. The Morgan fingerprint density at radius 2 is 2.18 bits per heavy atom. The molecule has 28 heavy (non-hydrogen) atoms. The van der Waals surface area contributed by atoms with Crippen LogP contribution in [0.5, 0.6) is 0 Å². The highest BCUT2D eigenvalue weighted by atomic mass is 32.2. The van der Waals surface area contributed by atoms with Gasteiger partial charge in [0.1, 0.15) is 5.01 Å². The number of carbonyl (C=O) groups excluding carboxylic acids is 1. The van der Waals surface area contributed by atoms with E-state index < -0.39 is 0 Å². The number of H-pyrrole nitrogens is 1. The summed E-state index contributed by atoms with van der Waals surface area (Å²) in [5.41, 5.74) is 2.55.